The Morgan fingerprint density at radius 1 is 0.979 bits per heavy atom. The van der Waals surface area contributed by atoms with E-state index in [0.717, 1.165) is 56.6 Å². The topological polar surface area (TPSA) is 108 Å². The first-order chi connectivity index (χ1) is 22.3. The molecule has 2 fully saturated rings. The van der Waals surface area contributed by atoms with Crippen LogP contribution in [0.25, 0.3) is 11.1 Å². The highest BCUT2D eigenvalue weighted by atomic mass is 16.5. The van der Waals surface area contributed by atoms with Gasteiger partial charge in [-0.2, -0.15) is 0 Å². The van der Waals surface area contributed by atoms with E-state index in [1.165, 1.54) is 5.56 Å². The molecular formula is C36H56N6O5. The molecule has 2 saturated heterocycles. The number of esters is 1. The molecule has 0 spiro atoms. The molecule has 11 nitrogen and oxygen atoms in total. The summed E-state index contributed by atoms with van der Waals surface area (Å²) in [6.45, 7) is 14.1. The molecule has 0 saturated carbocycles. The van der Waals surface area contributed by atoms with E-state index >= 15 is 0 Å². The molecule has 4 rings (SSSR count). The molecule has 3 heterocycles. The van der Waals surface area contributed by atoms with E-state index in [4.69, 9.17) is 9.47 Å². The van der Waals surface area contributed by atoms with Crippen LogP contribution < -0.4 is 5.32 Å². The molecule has 1 aromatic heterocycles. The number of carbonyl (C=O) groups excluding carboxylic acids is 3. The number of hydrogen-bond acceptors (Lipinski definition) is 9. The largest absolute Gasteiger partial charge is 0.465 e. The second-order valence-electron chi connectivity index (χ2n) is 12.3. The van der Waals surface area contributed by atoms with Gasteiger partial charge in [0.1, 0.15) is 0 Å². The summed E-state index contributed by atoms with van der Waals surface area (Å²) >= 11 is 0. The van der Waals surface area contributed by atoms with Crippen molar-refractivity contribution in [2.75, 3.05) is 97.6 Å². The summed E-state index contributed by atoms with van der Waals surface area (Å²) in [5.41, 5.74) is 3.74. The van der Waals surface area contributed by atoms with Gasteiger partial charge in [0.15, 0.2) is 5.69 Å². The van der Waals surface area contributed by atoms with Crippen LogP contribution in [0.4, 0.5) is 5.69 Å². The Labute approximate surface area is 281 Å². The van der Waals surface area contributed by atoms with Crippen LogP contribution in [-0.4, -0.2) is 135 Å². The summed E-state index contributed by atoms with van der Waals surface area (Å²) < 4.78 is 10.5. The third-order valence-electron chi connectivity index (χ3n) is 8.86. The van der Waals surface area contributed by atoms with Crippen LogP contribution >= 0.6 is 0 Å². The molecular weight excluding hydrogens is 596 g/mol. The van der Waals surface area contributed by atoms with Crippen LogP contribution in [0.3, 0.4) is 0 Å². The number of rotatable bonds is 15. The van der Waals surface area contributed by atoms with Gasteiger partial charge in [-0.25, -0.2) is 4.98 Å². The predicted molar refractivity (Wildman–Crippen MR) is 187 cm³/mol. The van der Waals surface area contributed by atoms with E-state index in [-0.39, 0.29) is 37.4 Å². The zero-order valence-electron chi connectivity index (χ0n) is 28.1. The maximum atomic E-state index is 13.9. The first-order valence-corrected chi connectivity index (χ1v) is 16.8. The van der Waals surface area contributed by atoms with Crippen molar-refractivity contribution in [3.05, 3.63) is 47.8 Å². The summed E-state index contributed by atoms with van der Waals surface area (Å²) in [5.74, 6) is 0.0203. The van der Waals surface area contributed by atoms with Gasteiger partial charge in [-0.1, -0.05) is 38.6 Å². The Bertz CT molecular complexity index is 1290. The number of likely N-dealkylation sites (N-methyl/N-ethyl adjacent to an activating group) is 2. The van der Waals surface area contributed by atoms with Crippen LogP contribution in [-0.2, 0) is 25.5 Å². The van der Waals surface area contributed by atoms with Crippen LogP contribution in [0, 0.1) is 5.92 Å². The number of aromatic nitrogens is 1. The zero-order chi connectivity index (χ0) is 32.9. The first kappa shape index (κ1) is 38.1. The lowest BCUT2D eigenvalue weighted by molar-refractivity contribution is -0.144. The third kappa shape index (κ3) is 11.7. The standard InChI is InChI=1S/C35H52N6O5.CH4/c1-5-27-9-8-10-29(21-27)30-22-31(37-32(42)25-40-17-19-45-20-18-40)34(36-23-30)35(44)41(6-2)16-15-38(4)24-28-11-13-39(14-12-28)26-33(43)46-7-3;/h8-10,21-23,28H,5-7,11-20,24-26H2,1-4H3,(H,37,42);1H4. The van der Waals surface area contributed by atoms with Gasteiger partial charge >= 0.3 is 5.97 Å². The molecule has 0 aliphatic carbocycles. The van der Waals surface area contributed by atoms with Gasteiger partial charge in [0.25, 0.3) is 5.91 Å². The highest BCUT2D eigenvalue weighted by Crippen LogP contribution is 2.26. The van der Waals surface area contributed by atoms with Gasteiger partial charge in [-0.3, -0.25) is 24.2 Å². The fraction of sp³-hybridized carbons (Fsp3) is 0.611. The molecule has 0 unspecified atom stereocenters. The number of amides is 2. The van der Waals surface area contributed by atoms with Gasteiger partial charge in [-0.15, -0.1) is 0 Å². The van der Waals surface area contributed by atoms with Crippen molar-refractivity contribution in [1.82, 2.24) is 24.6 Å². The number of piperidine rings is 1. The second-order valence-corrected chi connectivity index (χ2v) is 12.3. The SMILES string of the molecule is C.CCOC(=O)CN1CCC(CN(C)CCN(CC)C(=O)c2ncc(-c3cccc(CC)c3)cc2NC(=O)CN2CCOCC2)CC1. The average molecular weight is 653 g/mol. The molecule has 1 N–H and O–H groups in total. The molecule has 47 heavy (non-hydrogen) atoms. The predicted octanol–water partition coefficient (Wildman–Crippen LogP) is 3.89. The van der Waals surface area contributed by atoms with E-state index in [1.54, 1.807) is 11.1 Å². The number of benzene rings is 1. The lowest BCUT2D eigenvalue weighted by Gasteiger charge is -2.33. The van der Waals surface area contributed by atoms with Gasteiger partial charge in [0.2, 0.25) is 5.91 Å². The molecule has 0 bridgehead atoms. The Kier molecular flexibility index (Phi) is 15.7. The Hall–Kier alpha value is -3.38. The number of likely N-dealkylation sites (tertiary alicyclic amines) is 1. The number of nitrogens with zero attached hydrogens (tertiary/aromatic N) is 5. The third-order valence-corrected chi connectivity index (χ3v) is 8.86. The molecule has 2 amide bonds. The van der Waals surface area contributed by atoms with Crippen molar-refractivity contribution >= 4 is 23.5 Å². The van der Waals surface area contributed by atoms with E-state index in [9.17, 15) is 14.4 Å². The minimum Gasteiger partial charge on any atom is -0.465 e. The number of ether oxygens (including phenoxy) is 2. The van der Waals surface area contributed by atoms with Crippen LogP contribution in [0.2, 0.25) is 0 Å². The summed E-state index contributed by atoms with van der Waals surface area (Å²) in [6, 6.07) is 10.1. The minimum atomic E-state index is -0.196. The Morgan fingerprint density at radius 2 is 1.70 bits per heavy atom. The summed E-state index contributed by atoms with van der Waals surface area (Å²) in [6.07, 6.45) is 4.71. The molecule has 2 aromatic rings. The van der Waals surface area contributed by atoms with Crippen LogP contribution in [0.5, 0.6) is 0 Å². The maximum Gasteiger partial charge on any atom is 0.320 e. The summed E-state index contributed by atoms with van der Waals surface area (Å²) in [4.78, 5) is 51.9. The first-order valence-electron chi connectivity index (χ1n) is 16.8. The zero-order valence-corrected chi connectivity index (χ0v) is 28.1. The fourth-order valence-corrected chi connectivity index (χ4v) is 6.10. The molecule has 260 valence electrons. The van der Waals surface area contributed by atoms with Gasteiger partial charge < -0.3 is 24.6 Å². The van der Waals surface area contributed by atoms with E-state index in [2.05, 4.69) is 51.1 Å². The second kappa shape index (κ2) is 19.4. The highest BCUT2D eigenvalue weighted by Gasteiger charge is 2.25. The van der Waals surface area contributed by atoms with Gasteiger partial charge in [0.05, 0.1) is 38.6 Å². The number of morpholine rings is 1. The fourth-order valence-electron chi connectivity index (χ4n) is 6.10. The average Bonchev–Trinajstić information content (AvgIpc) is 3.06. The normalized spacial score (nSPS) is 16.0. The Morgan fingerprint density at radius 3 is 2.38 bits per heavy atom. The van der Waals surface area contributed by atoms with E-state index in [0.29, 0.717) is 64.1 Å². The van der Waals surface area contributed by atoms with Crippen molar-refractivity contribution in [3.8, 4) is 11.1 Å². The van der Waals surface area contributed by atoms with Crippen molar-refractivity contribution < 1.29 is 23.9 Å². The lowest BCUT2D eigenvalue weighted by Crippen LogP contribution is -2.43. The maximum absolute atomic E-state index is 13.9. The molecule has 0 atom stereocenters. The van der Waals surface area contributed by atoms with Crippen LogP contribution in [0.1, 0.15) is 57.1 Å². The molecule has 2 aliphatic heterocycles. The van der Waals surface area contributed by atoms with Crippen molar-refractivity contribution in [2.45, 2.75) is 47.5 Å². The van der Waals surface area contributed by atoms with E-state index < -0.39 is 0 Å². The number of hydrogen-bond donors (Lipinski definition) is 1. The molecule has 11 heteroatoms. The van der Waals surface area contributed by atoms with Crippen molar-refractivity contribution in [1.29, 1.82) is 0 Å². The smallest absolute Gasteiger partial charge is 0.320 e. The number of carbonyl (C=O) groups is 3. The molecule has 0 radical (unpaired) electrons. The lowest BCUT2D eigenvalue weighted by atomic mass is 9.96. The van der Waals surface area contributed by atoms with Crippen molar-refractivity contribution in [3.63, 3.8) is 0 Å². The Balaban J connectivity index is 0.00000600. The van der Waals surface area contributed by atoms with E-state index in [1.807, 2.05) is 32.0 Å². The summed E-state index contributed by atoms with van der Waals surface area (Å²) in [7, 11) is 2.10. The van der Waals surface area contributed by atoms with Crippen LogP contribution in [0.15, 0.2) is 36.5 Å². The number of nitrogens with one attached hydrogen (secondary N) is 1. The highest BCUT2D eigenvalue weighted by molar-refractivity contribution is 6.03. The quantitative estimate of drug-likeness (QED) is 0.287. The summed E-state index contributed by atoms with van der Waals surface area (Å²) in [5, 5.41) is 3.02. The number of anilines is 1. The minimum absolute atomic E-state index is 0. The molecule has 2 aliphatic rings. The van der Waals surface area contributed by atoms with Gasteiger partial charge in [-0.05, 0) is 76.4 Å². The number of aryl methyl sites for hydroxylation is 1. The number of pyridine rings is 1. The van der Waals surface area contributed by atoms with Crippen molar-refractivity contribution in [2.24, 2.45) is 5.92 Å². The molecule has 1 aromatic carbocycles. The van der Waals surface area contributed by atoms with Gasteiger partial charge in [0, 0.05) is 51.0 Å². The monoisotopic (exact) mass is 652 g/mol.